The second-order valence-electron chi connectivity index (χ2n) is 4.72. The SMILES string of the molecule is CC(C)S(=O)(=O)c1nnc(C(C)(C)C)s1. The lowest BCUT2D eigenvalue weighted by Crippen LogP contribution is -2.13. The molecular weight excluding hydrogens is 232 g/mol. The Kier molecular flexibility index (Phi) is 3.21. The van der Waals surface area contributed by atoms with Gasteiger partial charge in [-0.05, 0) is 13.8 Å². The van der Waals surface area contributed by atoms with Crippen molar-refractivity contribution in [1.82, 2.24) is 10.2 Å². The van der Waals surface area contributed by atoms with Crippen LogP contribution in [0.1, 0.15) is 39.6 Å². The van der Waals surface area contributed by atoms with Gasteiger partial charge < -0.3 is 0 Å². The Morgan fingerprint density at radius 2 is 1.73 bits per heavy atom. The van der Waals surface area contributed by atoms with E-state index in [1.165, 1.54) is 0 Å². The fraction of sp³-hybridized carbons (Fsp3) is 0.778. The van der Waals surface area contributed by atoms with Crippen LogP contribution < -0.4 is 0 Å². The summed E-state index contributed by atoms with van der Waals surface area (Å²) < 4.78 is 23.7. The molecule has 1 heterocycles. The molecule has 0 aliphatic heterocycles. The smallest absolute Gasteiger partial charge is 0.221 e. The molecule has 0 aromatic carbocycles. The van der Waals surface area contributed by atoms with Crippen molar-refractivity contribution in [2.24, 2.45) is 0 Å². The van der Waals surface area contributed by atoms with E-state index in [0.717, 1.165) is 16.3 Å². The van der Waals surface area contributed by atoms with Crippen LogP contribution in [-0.4, -0.2) is 23.9 Å². The van der Waals surface area contributed by atoms with Crippen molar-refractivity contribution < 1.29 is 8.42 Å². The fourth-order valence-corrected chi connectivity index (χ4v) is 3.30. The summed E-state index contributed by atoms with van der Waals surface area (Å²) in [6.45, 7) is 9.25. The van der Waals surface area contributed by atoms with Crippen LogP contribution in [-0.2, 0) is 15.3 Å². The highest BCUT2D eigenvalue weighted by Gasteiger charge is 2.27. The molecule has 0 amide bonds. The molecule has 0 radical (unpaired) electrons. The summed E-state index contributed by atoms with van der Waals surface area (Å²) in [5.41, 5.74) is -0.150. The molecule has 0 saturated carbocycles. The van der Waals surface area contributed by atoms with Crippen LogP contribution in [0.5, 0.6) is 0 Å². The van der Waals surface area contributed by atoms with Crippen LogP contribution in [0.15, 0.2) is 4.34 Å². The summed E-state index contributed by atoms with van der Waals surface area (Å²) in [4.78, 5) is 0. The average molecular weight is 248 g/mol. The largest absolute Gasteiger partial charge is 0.232 e. The van der Waals surface area contributed by atoms with Gasteiger partial charge in [-0.15, -0.1) is 10.2 Å². The third-order valence-corrected chi connectivity index (χ3v) is 5.81. The molecule has 1 aromatic rings. The maximum absolute atomic E-state index is 11.8. The highest BCUT2D eigenvalue weighted by atomic mass is 32.2. The monoisotopic (exact) mass is 248 g/mol. The van der Waals surface area contributed by atoms with E-state index in [9.17, 15) is 8.42 Å². The van der Waals surface area contributed by atoms with Crippen molar-refractivity contribution in [3.05, 3.63) is 5.01 Å². The quantitative estimate of drug-likeness (QED) is 0.803. The first-order valence-electron chi connectivity index (χ1n) is 4.73. The third-order valence-electron chi connectivity index (χ3n) is 1.91. The first kappa shape index (κ1) is 12.6. The second-order valence-corrected chi connectivity index (χ2v) is 8.37. The minimum atomic E-state index is -3.27. The minimum absolute atomic E-state index is 0.127. The van der Waals surface area contributed by atoms with Gasteiger partial charge in [-0.1, -0.05) is 32.1 Å². The lowest BCUT2D eigenvalue weighted by atomic mass is 9.98. The van der Waals surface area contributed by atoms with E-state index in [1.54, 1.807) is 13.8 Å². The summed E-state index contributed by atoms with van der Waals surface area (Å²) in [5, 5.41) is 7.99. The van der Waals surface area contributed by atoms with Crippen LogP contribution in [0.4, 0.5) is 0 Å². The molecule has 86 valence electrons. The van der Waals surface area contributed by atoms with E-state index in [-0.39, 0.29) is 9.75 Å². The Morgan fingerprint density at radius 3 is 2.07 bits per heavy atom. The maximum atomic E-state index is 11.8. The van der Waals surface area contributed by atoms with Gasteiger partial charge in [0, 0.05) is 5.41 Å². The van der Waals surface area contributed by atoms with Gasteiger partial charge in [-0.3, -0.25) is 0 Å². The molecule has 15 heavy (non-hydrogen) atoms. The molecule has 6 heteroatoms. The Hall–Kier alpha value is -0.490. The molecule has 0 spiro atoms. The van der Waals surface area contributed by atoms with Gasteiger partial charge >= 0.3 is 0 Å². The summed E-state index contributed by atoms with van der Waals surface area (Å²) in [7, 11) is -3.27. The molecule has 0 fully saturated rings. The topological polar surface area (TPSA) is 59.9 Å². The first-order valence-corrected chi connectivity index (χ1v) is 7.10. The Bertz CT molecular complexity index is 441. The molecule has 0 saturated heterocycles. The van der Waals surface area contributed by atoms with Gasteiger partial charge in [-0.25, -0.2) is 8.42 Å². The van der Waals surface area contributed by atoms with Crippen LogP contribution in [0, 0.1) is 0 Å². The molecule has 0 N–H and O–H groups in total. The van der Waals surface area contributed by atoms with Gasteiger partial charge in [0.05, 0.1) is 5.25 Å². The zero-order valence-electron chi connectivity index (χ0n) is 9.60. The Balaban J connectivity index is 3.16. The molecule has 1 aromatic heterocycles. The summed E-state index contributed by atoms with van der Waals surface area (Å²) >= 11 is 1.16. The van der Waals surface area contributed by atoms with Gasteiger partial charge in [-0.2, -0.15) is 0 Å². The third kappa shape index (κ3) is 2.55. The van der Waals surface area contributed by atoms with Gasteiger partial charge in [0.15, 0.2) is 0 Å². The van der Waals surface area contributed by atoms with Crippen molar-refractivity contribution in [2.75, 3.05) is 0 Å². The zero-order valence-corrected chi connectivity index (χ0v) is 11.2. The number of aromatic nitrogens is 2. The lowest BCUT2D eigenvalue weighted by Gasteiger charge is -2.12. The van der Waals surface area contributed by atoms with Crippen molar-refractivity contribution in [1.29, 1.82) is 0 Å². The van der Waals surface area contributed by atoms with E-state index in [1.807, 2.05) is 20.8 Å². The summed E-state index contributed by atoms with van der Waals surface area (Å²) in [6.07, 6.45) is 0. The zero-order chi connectivity index (χ0) is 11.9. The highest BCUT2D eigenvalue weighted by molar-refractivity contribution is 7.93. The number of hydrogen-bond donors (Lipinski definition) is 0. The van der Waals surface area contributed by atoms with Crippen LogP contribution in [0.2, 0.25) is 0 Å². The van der Waals surface area contributed by atoms with Crippen LogP contribution in [0.3, 0.4) is 0 Å². The molecule has 0 atom stereocenters. The number of hydrogen-bond acceptors (Lipinski definition) is 5. The molecule has 0 aliphatic carbocycles. The van der Waals surface area contributed by atoms with E-state index in [4.69, 9.17) is 0 Å². The fourth-order valence-electron chi connectivity index (χ4n) is 0.829. The van der Waals surface area contributed by atoms with E-state index in [2.05, 4.69) is 10.2 Å². The molecule has 1 rings (SSSR count). The van der Waals surface area contributed by atoms with Gasteiger partial charge in [0.25, 0.3) is 0 Å². The van der Waals surface area contributed by atoms with Gasteiger partial charge in [0.1, 0.15) is 5.01 Å². The van der Waals surface area contributed by atoms with E-state index in [0.29, 0.717) is 0 Å². The predicted octanol–water partition coefficient (Wildman–Crippen LogP) is 2.02. The highest BCUT2D eigenvalue weighted by Crippen LogP contribution is 2.28. The van der Waals surface area contributed by atoms with Crippen molar-refractivity contribution >= 4 is 21.2 Å². The van der Waals surface area contributed by atoms with Crippen LogP contribution >= 0.6 is 11.3 Å². The molecule has 0 bridgehead atoms. The van der Waals surface area contributed by atoms with Crippen LogP contribution in [0.25, 0.3) is 0 Å². The molecular formula is C9H16N2O2S2. The number of rotatable bonds is 2. The maximum Gasteiger partial charge on any atom is 0.232 e. The predicted molar refractivity (Wildman–Crippen MR) is 60.9 cm³/mol. The normalized spacial score (nSPS) is 13.5. The van der Waals surface area contributed by atoms with Crippen molar-refractivity contribution in [2.45, 2.75) is 49.6 Å². The van der Waals surface area contributed by atoms with Crippen molar-refractivity contribution in [3.8, 4) is 0 Å². The lowest BCUT2D eigenvalue weighted by molar-refractivity contribution is 0.573. The van der Waals surface area contributed by atoms with E-state index >= 15 is 0 Å². The molecule has 0 aliphatic rings. The minimum Gasteiger partial charge on any atom is -0.221 e. The molecule has 0 unspecified atom stereocenters. The van der Waals surface area contributed by atoms with Gasteiger partial charge in [0.2, 0.25) is 14.2 Å². The Labute approximate surface area is 94.7 Å². The standard InChI is InChI=1S/C9H16N2O2S2/c1-6(2)15(12,13)8-11-10-7(14-8)9(3,4)5/h6H,1-5H3. The first-order chi connectivity index (χ1) is 6.65. The van der Waals surface area contributed by atoms with Crippen molar-refractivity contribution in [3.63, 3.8) is 0 Å². The Morgan fingerprint density at radius 1 is 1.20 bits per heavy atom. The summed E-state index contributed by atoms with van der Waals surface area (Å²) in [6, 6.07) is 0. The second kappa shape index (κ2) is 3.83. The average Bonchev–Trinajstić information content (AvgIpc) is 2.50. The van der Waals surface area contributed by atoms with E-state index < -0.39 is 15.1 Å². The number of sulfone groups is 1. The number of nitrogens with zero attached hydrogens (tertiary/aromatic N) is 2. The summed E-state index contributed by atoms with van der Waals surface area (Å²) in [5.74, 6) is 0. The molecule has 4 nitrogen and oxygen atoms in total.